The third-order valence-electron chi connectivity index (χ3n) is 2.38. The molecule has 2 nitrogen and oxygen atoms in total. The van der Waals surface area contributed by atoms with Gasteiger partial charge >= 0.3 is 0 Å². The van der Waals surface area contributed by atoms with Gasteiger partial charge in [-0.05, 0) is 30.0 Å². The van der Waals surface area contributed by atoms with Gasteiger partial charge in [0.1, 0.15) is 0 Å². The Bertz CT molecular complexity index is 363. The first-order valence-electron chi connectivity index (χ1n) is 5.56. The van der Waals surface area contributed by atoms with Gasteiger partial charge in [-0.15, -0.1) is 0 Å². The first kappa shape index (κ1) is 11.7. The Morgan fingerprint density at radius 3 is 2.53 bits per heavy atom. The van der Waals surface area contributed by atoms with Crippen molar-refractivity contribution in [3.05, 3.63) is 29.3 Å². The molecule has 0 amide bonds. The number of nitrogens with zero attached hydrogens (tertiary/aromatic N) is 1. The number of rotatable bonds is 5. The second-order valence-electron chi connectivity index (χ2n) is 3.69. The van der Waals surface area contributed by atoms with E-state index >= 15 is 0 Å². The number of aliphatic imine (C=N–C) groups is 1. The molecule has 0 spiro atoms. The maximum absolute atomic E-state index is 6.89. The zero-order valence-electron chi connectivity index (χ0n) is 9.51. The zero-order chi connectivity index (χ0) is 11.1. The largest absolute Gasteiger partial charge is 0.241 e. The highest BCUT2D eigenvalue weighted by molar-refractivity contribution is 5.55. The molecule has 1 N–H and O–H groups in total. The van der Waals surface area contributed by atoms with Crippen LogP contribution in [0.25, 0.3) is 0 Å². The Kier molecular flexibility index (Phi) is 4.79. The molecular formula is C13H18N2. The minimum absolute atomic E-state index is 0.895. The van der Waals surface area contributed by atoms with E-state index in [4.69, 9.17) is 5.41 Å². The fourth-order valence-corrected chi connectivity index (χ4v) is 1.72. The first-order chi connectivity index (χ1) is 7.31. The van der Waals surface area contributed by atoms with Crippen molar-refractivity contribution in [2.45, 2.75) is 39.5 Å². The molecule has 0 atom stereocenters. The standard InChI is InChI=1S/C13H18N2/c1-3-5-11-7-8-13(15-10-14)12(9-11)6-4-2/h7-9,14H,3-6H2,1-2H3. The van der Waals surface area contributed by atoms with Crippen molar-refractivity contribution >= 4 is 11.7 Å². The molecule has 0 fully saturated rings. The average Bonchev–Trinajstić information content (AvgIpc) is 2.23. The first-order valence-corrected chi connectivity index (χ1v) is 5.56. The van der Waals surface area contributed by atoms with Crippen LogP contribution in [-0.4, -0.2) is 6.01 Å². The highest BCUT2D eigenvalue weighted by Gasteiger charge is 2.01. The maximum atomic E-state index is 6.89. The SMILES string of the molecule is CCCc1ccc(N=C=N)c(CCC)c1. The quantitative estimate of drug-likeness (QED) is 0.701. The van der Waals surface area contributed by atoms with Crippen molar-refractivity contribution < 1.29 is 0 Å². The Balaban J connectivity index is 3.02. The number of hydrogen-bond donors (Lipinski definition) is 1. The van der Waals surface area contributed by atoms with Crippen LogP contribution in [-0.2, 0) is 12.8 Å². The van der Waals surface area contributed by atoms with E-state index in [1.54, 1.807) is 0 Å². The molecule has 2 heteroatoms. The number of nitrogens with one attached hydrogen (secondary N) is 1. The van der Waals surface area contributed by atoms with Gasteiger partial charge in [0.05, 0.1) is 11.7 Å². The Morgan fingerprint density at radius 2 is 1.93 bits per heavy atom. The van der Waals surface area contributed by atoms with Gasteiger partial charge in [0, 0.05) is 0 Å². The van der Waals surface area contributed by atoms with E-state index < -0.39 is 0 Å². The van der Waals surface area contributed by atoms with E-state index in [1.165, 1.54) is 17.5 Å². The molecule has 0 saturated heterocycles. The number of aryl methyl sites for hydroxylation is 2. The lowest BCUT2D eigenvalue weighted by molar-refractivity contribution is 0.895. The highest BCUT2D eigenvalue weighted by Crippen LogP contribution is 2.22. The van der Waals surface area contributed by atoms with E-state index in [0.717, 1.165) is 24.9 Å². The molecule has 0 aliphatic carbocycles. The van der Waals surface area contributed by atoms with Crippen molar-refractivity contribution in [1.29, 1.82) is 5.41 Å². The van der Waals surface area contributed by atoms with Gasteiger partial charge in [0.2, 0.25) is 0 Å². The van der Waals surface area contributed by atoms with E-state index in [1.807, 2.05) is 6.07 Å². The molecule has 80 valence electrons. The Morgan fingerprint density at radius 1 is 1.20 bits per heavy atom. The number of benzene rings is 1. The van der Waals surface area contributed by atoms with Gasteiger partial charge in [-0.3, -0.25) is 0 Å². The molecule has 15 heavy (non-hydrogen) atoms. The minimum Gasteiger partial charge on any atom is -0.241 e. The molecule has 0 aliphatic rings. The minimum atomic E-state index is 0.895. The molecular weight excluding hydrogens is 184 g/mol. The van der Waals surface area contributed by atoms with Gasteiger partial charge in [-0.2, -0.15) is 4.99 Å². The van der Waals surface area contributed by atoms with E-state index in [-0.39, 0.29) is 0 Å². The smallest absolute Gasteiger partial charge is 0.0918 e. The van der Waals surface area contributed by atoms with E-state index in [2.05, 4.69) is 37.0 Å². The molecule has 0 radical (unpaired) electrons. The molecule has 1 rings (SSSR count). The molecule has 0 unspecified atom stereocenters. The average molecular weight is 202 g/mol. The van der Waals surface area contributed by atoms with E-state index in [9.17, 15) is 0 Å². The van der Waals surface area contributed by atoms with Gasteiger partial charge in [-0.25, -0.2) is 5.41 Å². The monoisotopic (exact) mass is 202 g/mol. The predicted molar refractivity (Wildman–Crippen MR) is 64.2 cm³/mol. The van der Waals surface area contributed by atoms with Crippen molar-refractivity contribution in [3.8, 4) is 0 Å². The summed E-state index contributed by atoms with van der Waals surface area (Å²) in [6.45, 7) is 4.34. The third kappa shape index (κ3) is 3.34. The van der Waals surface area contributed by atoms with Gasteiger partial charge < -0.3 is 0 Å². The Hall–Kier alpha value is -1.40. The second kappa shape index (κ2) is 6.15. The summed E-state index contributed by atoms with van der Waals surface area (Å²) in [7, 11) is 0. The number of hydrogen-bond acceptors (Lipinski definition) is 2. The van der Waals surface area contributed by atoms with Crippen molar-refractivity contribution in [2.24, 2.45) is 4.99 Å². The summed E-state index contributed by atoms with van der Waals surface area (Å²) >= 11 is 0. The fraction of sp³-hybridized carbons (Fsp3) is 0.462. The normalized spacial score (nSPS) is 9.73. The van der Waals surface area contributed by atoms with Crippen molar-refractivity contribution in [1.82, 2.24) is 0 Å². The van der Waals surface area contributed by atoms with Gasteiger partial charge in [-0.1, -0.05) is 38.8 Å². The zero-order valence-corrected chi connectivity index (χ0v) is 9.51. The van der Waals surface area contributed by atoms with Crippen LogP contribution < -0.4 is 0 Å². The van der Waals surface area contributed by atoms with Gasteiger partial charge in [0.25, 0.3) is 0 Å². The lowest BCUT2D eigenvalue weighted by Gasteiger charge is -2.06. The summed E-state index contributed by atoms with van der Waals surface area (Å²) in [5.41, 5.74) is 3.50. The second-order valence-corrected chi connectivity index (χ2v) is 3.69. The molecule has 0 bridgehead atoms. The topological polar surface area (TPSA) is 36.2 Å². The summed E-state index contributed by atoms with van der Waals surface area (Å²) in [6.07, 6.45) is 4.41. The van der Waals surface area contributed by atoms with Crippen LogP contribution in [0.5, 0.6) is 0 Å². The lowest BCUT2D eigenvalue weighted by atomic mass is 10.0. The van der Waals surface area contributed by atoms with Crippen LogP contribution in [0, 0.1) is 5.41 Å². The summed E-state index contributed by atoms with van der Waals surface area (Å²) < 4.78 is 0. The van der Waals surface area contributed by atoms with Crippen LogP contribution in [0.3, 0.4) is 0 Å². The fourth-order valence-electron chi connectivity index (χ4n) is 1.72. The van der Waals surface area contributed by atoms with Crippen molar-refractivity contribution in [3.63, 3.8) is 0 Å². The molecule has 1 aromatic carbocycles. The maximum Gasteiger partial charge on any atom is 0.0918 e. The Labute approximate surface area is 91.6 Å². The molecule has 0 aliphatic heterocycles. The summed E-state index contributed by atoms with van der Waals surface area (Å²) in [4.78, 5) is 3.94. The summed E-state index contributed by atoms with van der Waals surface area (Å²) in [5.74, 6) is 0. The summed E-state index contributed by atoms with van der Waals surface area (Å²) in [5, 5.41) is 6.89. The van der Waals surface area contributed by atoms with Crippen LogP contribution >= 0.6 is 0 Å². The van der Waals surface area contributed by atoms with Crippen LogP contribution in [0.4, 0.5) is 5.69 Å². The van der Waals surface area contributed by atoms with Crippen LogP contribution in [0.15, 0.2) is 23.2 Å². The molecule has 0 aromatic heterocycles. The molecule has 0 saturated carbocycles. The summed E-state index contributed by atoms with van der Waals surface area (Å²) in [6, 6.07) is 8.41. The highest BCUT2D eigenvalue weighted by atomic mass is 14.7. The van der Waals surface area contributed by atoms with Crippen molar-refractivity contribution in [2.75, 3.05) is 0 Å². The van der Waals surface area contributed by atoms with Crippen LogP contribution in [0.2, 0.25) is 0 Å². The van der Waals surface area contributed by atoms with E-state index in [0.29, 0.717) is 0 Å². The molecule has 1 aromatic rings. The molecule has 0 heterocycles. The van der Waals surface area contributed by atoms with Gasteiger partial charge in [0.15, 0.2) is 0 Å². The predicted octanol–water partition coefficient (Wildman–Crippen LogP) is 3.98. The van der Waals surface area contributed by atoms with Crippen LogP contribution in [0.1, 0.15) is 37.8 Å². The third-order valence-corrected chi connectivity index (χ3v) is 2.38. The lowest BCUT2D eigenvalue weighted by Crippen LogP contribution is -1.89.